The van der Waals surface area contributed by atoms with Gasteiger partial charge in [0.15, 0.2) is 0 Å². The summed E-state index contributed by atoms with van der Waals surface area (Å²) in [6.45, 7) is 0.481. The average Bonchev–Trinajstić information content (AvgIpc) is 3.07. The quantitative estimate of drug-likeness (QED) is 0.619. The third-order valence-electron chi connectivity index (χ3n) is 2.50. The van der Waals surface area contributed by atoms with Gasteiger partial charge in [-0.3, -0.25) is 0 Å². The lowest BCUT2D eigenvalue weighted by molar-refractivity contribution is 0.302. The van der Waals surface area contributed by atoms with Crippen LogP contribution >= 0.6 is 33.9 Å². The molecule has 0 saturated heterocycles. The van der Waals surface area contributed by atoms with Crippen LogP contribution in [0.25, 0.3) is 10.6 Å². The van der Waals surface area contributed by atoms with E-state index in [1.807, 2.05) is 35.7 Å². The van der Waals surface area contributed by atoms with Crippen LogP contribution in [-0.2, 0) is 6.61 Å². The second-order valence-electron chi connectivity index (χ2n) is 3.90. The van der Waals surface area contributed by atoms with Gasteiger partial charge in [-0.15, -0.1) is 11.3 Å². The zero-order valence-corrected chi connectivity index (χ0v) is 12.8. The lowest BCUT2D eigenvalue weighted by Gasteiger charge is -2.03. The molecule has 19 heavy (non-hydrogen) atoms. The van der Waals surface area contributed by atoms with Gasteiger partial charge in [0.1, 0.15) is 23.6 Å². The minimum Gasteiger partial charge on any atom is -0.487 e. The van der Waals surface area contributed by atoms with Gasteiger partial charge in [-0.1, -0.05) is 6.07 Å². The highest BCUT2D eigenvalue weighted by Gasteiger charge is 2.06. The standard InChI is InChI=1S/C14H10INO2S/c15-11-2-1-3-13(6-11)18-8-12-9-19-14(16-12)10-4-5-17-7-10/h1-7,9H,8H2. The Balaban J connectivity index is 1.68. The fourth-order valence-corrected chi connectivity index (χ4v) is 2.91. The van der Waals surface area contributed by atoms with Crippen molar-refractivity contribution in [3.8, 4) is 16.3 Å². The normalized spacial score (nSPS) is 10.6. The third-order valence-corrected chi connectivity index (χ3v) is 4.11. The number of benzene rings is 1. The summed E-state index contributed by atoms with van der Waals surface area (Å²) in [4.78, 5) is 4.52. The van der Waals surface area contributed by atoms with Crippen molar-refractivity contribution in [3.05, 3.63) is 57.5 Å². The van der Waals surface area contributed by atoms with Crippen LogP contribution in [0.1, 0.15) is 5.69 Å². The zero-order chi connectivity index (χ0) is 13.1. The van der Waals surface area contributed by atoms with Crippen LogP contribution in [0.2, 0.25) is 0 Å². The van der Waals surface area contributed by atoms with E-state index < -0.39 is 0 Å². The Kier molecular flexibility index (Phi) is 3.84. The Morgan fingerprint density at radius 1 is 1.32 bits per heavy atom. The molecule has 0 spiro atoms. The molecule has 5 heteroatoms. The van der Waals surface area contributed by atoms with E-state index >= 15 is 0 Å². The van der Waals surface area contributed by atoms with Crippen molar-refractivity contribution in [1.29, 1.82) is 0 Å². The number of rotatable bonds is 4. The Hall–Kier alpha value is -1.34. The number of nitrogens with zero attached hydrogens (tertiary/aromatic N) is 1. The molecule has 0 saturated carbocycles. The molecular weight excluding hydrogens is 373 g/mol. The third kappa shape index (κ3) is 3.16. The predicted octanol–water partition coefficient (Wildman–Crippen LogP) is 4.59. The van der Waals surface area contributed by atoms with Crippen molar-refractivity contribution in [2.75, 3.05) is 0 Å². The van der Waals surface area contributed by atoms with Crippen LogP contribution in [0.5, 0.6) is 5.75 Å². The van der Waals surface area contributed by atoms with Gasteiger partial charge in [0.25, 0.3) is 0 Å². The molecule has 0 fully saturated rings. The highest BCUT2D eigenvalue weighted by atomic mass is 127. The maximum absolute atomic E-state index is 5.72. The topological polar surface area (TPSA) is 35.3 Å². The summed E-state index contributed by atoms with van der Waals surface area (Å²) in [6, 6.07) is 9.88. The van der Waals surface area contributed by atoms with Crippen LogP contribution in [0.15, 0.2) is 52.7 Å². The second-order valence-corrected chi connectivity index (χ2v) is 6.01. The van der Waals surface area contributed by atoms with Gasteiger partial charge in [-0.2, -0.15) is 0 Å². The van der Waals surface area contributed by atoms with E-state index in [0.29, 0.717) is 6.61 Å². The highest BCUT2D eigenvalue weighted by Crippen LogP contribution is 2.24. The van der Waals surface area contributed by atoms with Crippen molar-refractivity contribution in [2.45, 2.75) is 6.61 Å². The average molecular weight is 383 g/mol. The van der Waals surface area contributed by atoms with E-state index in [4.69, 9.17) is 9.15 Å². The Morgan fingerprint density at radius 2 is 2.26 bits per heavy atom. The number of thiazole rings is 1. The molecule has 1 aromatic carbocycles. The minimum atomic E-state index is 0.481. The van der Waals surface area contributed by atoms with Gasteiger partial charge in [-0.05, 0) is 46.9 Å². The van der Waals surface area contributed by atoms with E-state index in [1.165, 1.54) is 0 Å². The Morgan fingerprint density at radius 3 is 3.05 bits per heavy atom. The first-order chi connectivity index (χ1) is 9.31. The van der Waals surface area contributed by atoms with Crippen molar-refractivity contribution in [1.82, 2.24) is 4.98 Å². The molecule has 0 bridgehead atoms. The van der Waals surface area contributed by atoms with E-state index in [-0.39, 0.29) is 0 Å². The van der Waals surface area contributed by atoms with Crippen LogP contribution < -0.4 is 4.74 Å². The van der Waals surface area contributed by atoms with E-state index in [0.717, 1.165) is 25.6 Å². The molecule has 0 aliphatic rings. The van der Waals surface area contributed by atoms with Gasteiger partial charge in [0.2, 0.25) is 0 Å². The van der Waals surface area contributed by atoms with E-state index in [2.05, 4.69) is 27.6 Å². The van der Waals surface area contributed by atoms with Crippen molar-refractivity contribution >= 4 is 33.9 Å². The summed E-state index contributed by atoms with van der Waals surface area (Å²) >= 11 is 3.86. The van der Waals surface area contributed by atoms with Gasteiger partial charge >= 0.3 is 0 Å². The summed E-state index contributed by atoms with van der Waals surface area (Å²) in [5.41, 5.74) is 1.94. The molecule has 3 rings (SSSR count). The number of halogens is 1. The maximum atomic E-state index is 5.72. The van der Waals surface area contributed by atoms with Crippen LogP contribution in [-0.4, -0.2) is 4.98 Å². The van der Waals surface area contributed by atoms with Crippen molar-refractivity contribution in [3.63, 3.8) is 0 Å². The Labute approximate surface area is 128 Å². The monoisotopic (exact) mass is 383 g/mol. The molecule has 96 valence electrons. The summed E-state index contributed by atoms with van der Waals surface area (Å²) in [6.07, 6.45) is 3.35. The number of ether oxygens (including phenoxy) is 1. The summed E-state index contributed by atoms with van der Waals surface area (Å²) < 4.78 is 11.9. The zero-order valence-electron chi connectivity index (χ0n) is 9.88. The highest BCUT2D eigenvalue weighted by molar-refractivity contribution is 14.1. The molecule has 0 N–H and O–H groups in total. The molecule has 3 aromatic rings. The molecule has 0 aliphatic heterocycles. The lowest BCUT2D eigenvalue weighted by Crippen LogP contribution is -1.95. The molecule has 0 atom stereocenters. The molecule has 3 nitrogen and oxygen atoms in total. The van der Waals surface area contributed by atoms with Crippen molar-refractivity contribution < 1.29 is 9.15 Å². The predicted molar refractivity (Wildman–Crippen MR) is 83.3 cm³/mol. The smallest absolute Gasteiger partial charge is 0.131 e. The van der Waals surface area contributed by atoms with Crippen molar-refractivity contribution in [2.24, 2.45) is 0 Å². The van der Waals surface area contributed by atoms with E-state index in [1.54, 1.807) is 23.9 Å². The first-order valence-corrected chi connectivity index (χ1v) is 7.62. The van der Waals surface area contributed by atoms with Gasteiger partial charge in [0.05, 0.1) is 12.0 Å². The first-order valence-electron chi connectivity index (χ1n) is 5.66. The fourth-order valence-electron chi connectivity index (χ4n) is 1.61. The molecular formula is C14H10INO2S. The second kappa shape index (κ2) is 5.75. The first kappa shape index (κ1) is 12.7. The van der Waals surface area contributed by atoms with Gasteiger partial charge in [0, 0.05) is 14.5 Å². The van der Waals surface area contributed by atoms with Crippen LogP contribution in [0.4, 0.5) is 0 Å². The SMILES string of the molecule is Ic1cccc(OCc2csc(-c3ccoc3)n2)c1. The number of aromatic nitrogens is 1. The summed E-state index contributed by atoms with van der Waals surface area (Å²) in [7, 11) is 0. The van der Waals surface area contributed by atoms with Gasteiger partial charge < -0.3 is 9.15 Å². The molecule has 0 aliphatic carbocycles. The van der Waals surface area contributed by atoms with E-state index in [9.17, 15) is 0 Å². The molecule has 2 heterocycles. The minimum absolute atomic E-state index is 0.481. The molecule has 0 unspecified atom stereocenters. The summed E-state index contributed by atoms with van der Waals surface area (Å²) in [5, 5.41) is 2.96. The summed E-state index contributed by atoms with van der Waals surface area (Å²) in [5.74, 6) is 0.866. The Bertz CT molecular complexity index is 664. The fraction of sp³-hybridized carbons (Fsp3) is 0.0714. The number of hydrogen-bond acceptors (Lipinski definition) is 4. The van der Waals surface area contributed by atoms with Crippen LogP contribution in [0.3, 0.4) is 0 Å². The molecule has 0 amide bonds. The largest absolute Gasteiger partial charge is 0.487 e. The maximum Gasteiger partial charge on any atom is 0.131 e. The number of furan rings is 1. The number of hydrogen-bond donors (Lipinski definition) is 0. The molecule has 2 aromatic heterocycles. The molecule has 0 radical (unpaired) electrons. The van der Waals surface area contributed by atoms with Gasteiger partial charge in [-0.25, -0.2) is 4.98 Å². The lowest BCUT2D eigenvalue weighted by atomic mass is 10.3. The van der Waals surface area contributed by atoms with Crippen LogP contribution in [0, 0.1) is 3.57 Å².